The van der Waals surface area contributed by atoms with E-state index in [0.717, 1.165) is 0 Å². The standard InChI is InChI=1S/C23H45N13O7/c1-29-11-5-9-30-22(42)16(27)35-21(41)14(4-8-26)34-19(39)12(2-6-24)32-15(37)10-31-23(43)17(28)36-20(40)13(3-7-25)33-18(11)38/h11-14,16-17,29H,2-10,24-28H2,1H3,(H,30,42)(H,31,43)(H,32,37)(H,33,38)(H,34,39)(H,35,41)(H,36,40)/t11-,12-,13-,14-,16+,17-/m0/s1. The van der Waals surface area contributed by atoms with E-state index in [1.807, 2.05) is 0 Å². The van der Waals surface area contributed by atoms with Crippen LogP contribution in [0.3, 0.4) is 0 Å². The maximum atomic E-state index is 12.9. The van der Waals surface area contributed by atoms with Crippen LogP contribution in [0.1, 0.15) is 25.7 Å². The van der Waals surface area contributed by atoms with E-state index in [1.54, 1.807) is 0 Å². The first kappa shape index (κ1) is 37.1. The van der Waals surface area contributed by atoms with Gasteiger partial charge in [0.2, 0.25) is 29.5 Å². The molecule has 0 aromatic heterocycles. The molecule has 20 heteroatoms. The zero-order chi connectivity index (χ0) is 32.5. The number of carbonyl (C=O) groups is 7. The van der Waals surface area contributed by atoms with Crippen LogP contribution in [0.25, 0.3) is 0 Å². The first-order chi connectivity index (χ1) is 20.4. The highest BCUT2D eigenvalue weighted by molar-refractivity contribution is 5.96. The molecule has 0 saturated carbocycles. The van der Waals surface area contributed by atoms with E-state index < -0.39 is 84.4 Å². The second-order valence-electron chi connectivity index (χ2n) is 9.59. The molecule has 43 heavy (non-hydrogen) atoms. The molecule has 0 radical (unpaired) electrons. The topological polar surface area (TPSA) is 346 Å². The number of amides is 7. The predicted octanol–water partition coefficient (Wildman–Crippen LogP) is -8.49. The van der Waals surface area contributed by atoms with Crippen LogP contribution in [0.2, 0.25) is 0 Å². The molecule has 0 aromatic rings. The number of nitrogens with two attached hydrogens (primary N) is 5. The second kappa shape index (κ2) is 19.3. The molecule has 6 atom stereocenters. The molecule has 1 fully saturated rings. The highest BCUT2D eigenvalue weighted by Gasteiger charge is 2.30. The highest BCUT2D eigenvalue weighted by atomic mass is 16.2. The van der Waals surface area contributed by atoms with Crippen molar-refractivity contribution in [2.45, 2.75) is 62.2 Å². The van der Waals surface area contributed by atoms with Crippen molar-refractivity contribution in [3.05, 3.63) is 0 Å². The maximum Gasteiger partial charge on any atom is 0.257 e. The Kier molecular flexibility index (Phi) is 16.6. The van der Waals surface area contributed by atoms with Gasteiger partial charge in [0.25, 0.3) is 11.8 Å². The smallest absolute Gasteiger partial charge is 0.257 e. The molecule has 1 saturated heterocycles. The number of carbonyl (C=O) groups excluding carboxylic acids is 7. The average molecular weight is 616 g/mol. The molecule has 18 N–H and O–H groups in total. The molecule has 244 valence electrons. The Morgan fingerprint density at radius 2 is 1.02 bits per heavy atom. The fourth-order valence-electron chi connectivity index (χ4n) is 3.87. The quantitative estimate of drug-likeness (QED) is 0.127. The molecular formula is C23H45N13O7. The summed E-state index contributed by atoms with van der Waals surface area (Å²) in [5.41, 5.74) is 28.3. The normalized spacial score (nSPS) is 27.9. The van der Waals surface area contributed by atoms with Crippen LogP contribution in [0.5, 0.6) is 0 Å². The average Bonchev–Trinajstić information content (AvgIpc) is 2.96. The fourth-order valence-corrected chi connectivity index (χ4v) is 3.87. The Morgan fingerprint density at radius 1 is 0.605 bits per heavy atom. The van der Waals surface area contributed by atoms with Gasteiger partial charge in [0, 0.05) is 6.54 Å². The molecular weight excluding hydrogens is 570 g/mol. The molecule has 0 aromatic carbocycles. The van der Waals surface area contributed by atoms with E-state index in [-0.39, 0.29) is 51.9 Å². The molecule has 1 heterocycles. The van der Waals surface area contributed by atoms with Gasteiger partial charge in [-0.3, -0.25) is 33.6 Å². The lowest BCUT2D eigenvalue weighted by molar-refractivity contribution is -0.134. The fraction of sp³-hybridized carbons (Fsp3) is 0.696. The summed E-state index contributed by atoms with van der Waals surface area (Å²) >= 11 is 0. The van der Waals surface area contributed by atoms with Crippen molar-refractivity contribution in [3.8, 4) is 0 Å². The maximum absolute atomic E-state index is 12.9. The van der Waals surface area contributed by atoms with Gasteiger partial charge in [0.05, 0.1) is 12.6 Å². The van der Waals surface area contributed by atoms with E-state index >= 15 is 0 Å². The van der Waals surface area contributed by atoms with Crippen LogP contribution in [-0.4, -0.2) is 118 Å². The van der Waals surface area contributed by atoms with E-state index in [4.69, 9.17) is 28.7 Å². The molecule has 20 nitrogen and oxygen atoms in total. The van der Waals surface area contributed by atoms with E-state index in [2.05, 4.69) is 42.5 Å². The van der Waals surface area contributed by atoms with Gasteiger partial charge in [0.15, 0.2) is 12.3 Å². The molecule has 0 bridgehead atoms. The van der Waals surface area contributed by atoms with Crippen LogP contribution in [-0.2, 0) is 33.6 Å². The molecule has 0 aliphatic carbocycles. The number of hydrogen-bond acceptors (Lipinski definition) is 13. The minimum atomic E-state index is -1.60. The summed E-state index contributed by atoms with van der Waals surface area (Å²) in [6.45, 7) is -0.706. The van der Waals surface area contributed by atoms with E-state index in [9.17, 15) is 33.6 Å². The number of nitrogens with one attached hydrogen (secondary N) is 8. The summed E-state index contributed by atoms with van der Waals surface area (Å²) in [7, 11) is 1.49. The zero-order valence-electron chi connectivity index (χ0n) is 24.1. The van der Waals surface area contributed by atoms with Crippen molar-refractivity contribution in [3.63, 3.8) is 0 Å². The Morgan fingerprint density at radius 3 is 1.49 bits per heavy atom. The van der Waals surface area contributed by atoms with Gasteiger partial charge in [-0.15, -0.1) is 0 Å². The van der Waals surface area contributed by atoms with Crippen LogP contribution in [0, 0.1) is 0 Å². The minimum absolute atomic E-state index is 0.00574. The van der Waals surface area contributed by atoms with Crippen molar-refractivity contribution in [2.75, 3.05) is 39.8 Å². The summed E-state index contributed by atoms with van der Waals surface area (Å²) < 4.78 is 0. The van der Waals surface area contributed by atoms with E-state index in [0.29, 0.717) is 0 Å². The first-order valence-electron chi connectivity index (χ1n) is 13.7. The number of likely N-dealkylation sites (N-methyl/N-ethyl adjacent to an activating group) is 1. The van der Waals surface area contributed by atoms with Gasteiger partial charge < -0.3 is 71.2 Å². The van der Waals surface area contributed by atoms with Crippen LogP contribution >= 0.6 is 0 Å². The SMILES string of the molecule is CN[C@H]1CCNC(=O)[C@H](N)NC(=O)[C@H](CCN)NC(=O)[C@H](CCN)NC(=O)CNC(=O)[C@@H](N)NC(=O)[C@H](CCN)NC1=O. The molecule has 1 aliphatic rings. The molecule has 1 rings (SSSR count). The Balaban J connectivity index is 3.22. The summed E-state index contributed by atoms with van der Waals surface area (Å²) in [4.78, 5) is 88.7. The summed E-state index contributed by atoms with van der Waals surface area (Å²) in [6, 6.07) is -4.44. The van der Waals surface area contributed by atoms with Crippen LogP contribution in [0.4, 0.5) is 0 Å². The lowest BCUT2D eigenvalue weighted by Gasteiger charge is -2.24. The zero-order valence-corrected chi connectivity index (χ0v) is 24.1. The van der Waals surface area contributed by atoms with Gasteiger partial charge in [-0.2, -0.15) is 0 Å². The van der Waals surface area contributed by atoms with Crippen molar-refractivity contribution in [1.29, 1.82) is 0 Å². The third-order valence-electron chi connectivity index (χ3n) is 6.26. The third-order valence-corrected chi connectivity index (χ3v) is 6.26. The molecule has 7 amide bonds. The monoisotopic (exact) mass is 615 g/mol. The first-order valence-corrected chi connectivity index (χ1v) is 13.7. The van der Waals surface area contributed by atoms with Crippen molar-refractivity contribution < 1.29 is 33.6 Å². The summed E-state index contributed by atoms with van der Waals surface area (Å²) in [5.74, 6) is -5.51. The molecule has 1 aliphatic heterocycles. The molecule has 0 unspecified atom stereocenters. The third kappa shape index (κ3) is 12.8. The van der Waals surface area contributed by atoms with E-state index in [1.165, 1.54) is 7.05 Å². The highest BCUT2D eigenvalue weighted by Crippen LogP contribution is 1.99. The van der Waals surface area contributed by atoms with Gasteiger partial charge in [-0.25, -0.2) is 0 Å². The van der Waals surface area contributed by atoms with Gasteiger partial charge >= 0.3 is 0 Å². The number of hydrogen-bond donors (Lipinski definition) is 13. The largest absolute Gasteiger partial charge is 0.353 e. The Hall–Kier alpha value is -3.95. The van der Waals surface area contributed by atoms with Crippen molar-refractivity contribution in [2.24, 2.45) is 28.7 Å². The molecule has 0 spiro atoms. The summed E-state index contributed by atoms with van der Waals surface area (Å²) in [6.07, 6.45) is -3.11. The van der Waals surface area contributed by atoms with Gasteiger partial charge in [-0.1, -0.05) is 0 Å². The Bertz CT molecular complexity index is 999. The lowest BCUT2D eigenvalue weighted by Crippen LogP contribution is -2.60. The number of rotatable bonds is 7. The van der Waals surface area contributed by atoms with Crippen LogP contribution in [0.15, 0.2) is 0 Å². The summed E-state index contributed by atoms with van der Waals surface area (Å²) in [5, 5.41) is 19.4. The Labute approximate surface area is 248 Å². The van der Waals surface area contributed by atoms with Crippen LogP contribution < -0.4 is 71.2 Å². The van der Waals surface area contributed by atoms with Gasteiger partial charge in [-0.05, 0) is 52.4 Å². The lowest BCUT2D eigenvalue weighted by atomic mass is 10.1. The minimum Gasteiger partial charge on any atom is -0.353 e. The second-order valence-corrected chi connectivity index (χ2v) is 9.59. The van der Waals surface area contributed by atoms with Crippen molar-refractivity contribution in [1.82, 2.24) is 42.5 Å². The van der Waals surface area contributed by atoms with Crippen molar-refractivity contribution >= 4 is 41.4 Å². The predicted molar refractivity (Wildman–Crippen MR) is 153 cm³/mol. The van der Waals surface area contributed by atoms with Gasteiger partial charge in [0.1, 0.15) is 18.1 Å².